The molecule has 2 atom stereocenters. The fourth-order valence-corrected chi connectivity index (χ4v) is 4.85. The number of fused-ring (bicyclic) bond motifs is 1. The Hall–Kier alpha value is -4.17. The maximum atomic E-state index is 13.5. The molecule has 2 aliphatic heterocycles. The molecule has 1 unspecified atom stereocenters. The van der Waals surface area contributed by atoms with Gasteiger partial charge >= 0.3 is 30.9 Å². The number of piperazine rings is 1. The molecule has 1 aromatic carbocycles. The molecule has 4 amide bonds. The number of urea groups is 1. The Balaban J connectivity index is 1.58. The number of carbonyl (C=O) groups is 5. The van der Waals surface area contributed by atoms with Crippen molar-refractivity contribution in [2.45, 2.75) is 31.6 Å². The summed E-state index contributed by atoms with van der Waals surface area (Å²) in [5, 5.41) is 22.2. The number of aromatic nitrogens is 1. The first-order chi connectivity index (χ1) is 18.5. The number of ketones is 1. The van der Waals surface area contributed by atoms with E-state index in [0.29, 0.717) is 10.5 Å². The molecule has 1 saturated heterocycles. The lowest BCUT2D eigenvalue weighted by atomic mass is 9.64. The van der Waals surface area contributed by atoms with Crippen LogP contribution in [0.5, 0.6) is 5.75 Å². The summed E-state index contributed by atoms with van der Waals surface area (Å²) >= 11 is 6.18. The normalized spacial score (nSPS) is 17.8. The predicted octanol–water partition coefficient (Wildman–Crippen LogP) is 0.613. The molecule has 204 valence electrons. The van der Waals surface area contributed by atoms with Crippen molar-refractivity contribution in [2.75, 3.05) is 19.6 Å². The van der Waals surface area contributed by atoms with Gasteiger partial charge in [-0.1, -0.05) is 23.7 Å². The number of para-hydroxylation sites is 1. The summed E-state index contributed by atoms with van der Waals surface area (Å²) in [6, 6.07) is 4.33. The number of rotatable bonds is 7. The van der Waals surface area contributed by atoms with Gasteiger partial charge < -0.3 is 30.0 Å². The van der Waals surface area contributed by atoms with Crippen LogP contribution >= 0.6 is 11.6 Å². The smallest absolute Gasteiger partial charge is 0.526 e. The van der Waals surface area contributed by atoms with E-state index in [9.17, 15) is 38.9 Å². The first-order valence-corrected chi connectivity index (χ1v) is 12.4. The number of nitrogens with zero attached hydrogens (tertiary/aromatic N) is 2. The third-order valence-electron chi connectivity index (χ3n) is 6.65. The van der Waals surface area contributed by atoms with E-state index in [-0.39, 0.29) is 54.5 Å². The Kier molecular flexibility index (Phi) is 8.07. The highest BCUT2D eigenvalue weighted by molar-refractivity contribution is 6.47. The van der Waals surface area contributed by atoms with E-state index >= 15 is 0 Å². The second kappa shape index (κ2) is 11.3. The van der Waals surface area contributed by atoms with Gasteiger partial charge in [0, 0.05) is 43.5 Å². The Morgan fingerprint density at radius 3 is 2.59 bits per heavy atom. The molecule has 15 heteroatoms. The maximum absolute atomic E-state index is 13.5. The average Bonchev–Trinajstić information content (AvgIpc) is 2.89. The summed E-state index contributed by atoms with van der Waals surface area (Å²) in [7, 11) is -1.54. The van der Waals surface area contributed by atoms with E-state index in [4.69, 9.17) is 16.3 Å². The minimum atomic E-state index is -1.54. The van der Waals surface area contributed by atoms with E-state index in [1.165, 1.54) is 23.1 Å². The van der Waals surface area contributed by atoms with Crippen molar-refractivity contribution in [1.82, 2.24) is 20.1 Å². The van der Waals surface area contributed by atoms with Gasteiger partial charge in [-0.3, -0.25) is 24.1 Å². The zero-order chi connectivity index (χ0) is 28.4. The van der Waals surface area contributed by atoms with Crippen molar-refractivity contribution in [2.24, 2.45) is 0 Å². The number of aromatic carboxylic acids is 1. The van der Waals surface area contributed by atoms with E-state index in [2.05, 4.69) is 10.3 Å². The van der Waals surface area contributed by atoms with E-state index in [0.717, 1.165) is 6.07 Å². The number of pyridine rings is 1. The SMILES string of the molecule is CCN1CCN(C(=O)NC(C(=O)C[C@H]2Cc3cccc(C(=O)O)c3OB2O)c2ccc(=O)[nH]c2Cl)C(=O)C1=O. The number of H-pyrrole nitrogens is 1. The highest BCUT2D eigenvalue weighted by Gasteiger charge is 2.41. The fourth-order valence-electron chi connectivity index (χ4n) is 4.59. The van der Waals surface area contributed by atoms with Crippen molar-refractivity contribution in [3.63, 3.8) is 0 Å². The van der Waals surface area contributed by atoms with Crippen LogP contribution < -0.4 is 15.5 Å². The average molecular weight is 559 g/mol. The first-order valence-electron chi connectivity index (χ1n) is 12.0. The van der Waals surface area contributed by atoms with Crippen LogP contribution in [0.4, 0.5) is 4.79 Å². The quantitative estimate of drug-likeness (QED) is 0.215. The number of hydrogen-bond donors (Lipinski definition) is 4. The molecule has 0 aliphatic carbocycles. The third kappa shape index (κ3) is 5.66. The van der Waals surface area contributed by atoms with Crippen LogP contribution in [0.25, 0.3) is 0 Å². The Morgan fingerprint density at radius 2 is 1.92 bits per heavy atom. The molecular weight excluding hydrogens is 535 g/mol. The molecule has 39 heavy (non-hydrogen) atoms. The molecule has 0 bridgehead atoms. The number of carboxylic acids is 1. The Bertz CT molecular complexity index is 1410. The lowest BCUT2D eigenvalue weighted by Crippen LogP contribution is -2.58. The third-order valence-corrected chi connectivity index (χ3v) is 6.96. The zero-order valence-corrected chi connectivity index (χ0v) is 21.4. The number of aromatic amines is 1. The number of nitrogens with one attached hydrogen (secondary N) is 2. The number of carboxylic acid groups (broad SMARTS) is 1. The summed E-state index contributed by atoms with van der Waals surface area (Å²) in [5.41, 5.74) is -0.192. The van der Waals surface area contributed by atoms with Crippen LogP contribution in [0.1, 0.15) is 40.9 Å². The van der Waals surface area contributed by atoms with Gasteiger partial charge in [-0.05, 0) is 31.0 Å². The number of likely N-dealkylation sites (N-methyl/N-ethyl adjacent to an activating group) is 1. The van der Waals surface area contributed by atoms with Crippen LogP contribution in [0.2, 0.25) is 11.0 Å². The number of hydrogen-bond acceptors (Lipinski definition) is 8. The predicted molar refractivity (Wildman–Crippen MR) is 136 cm³/mol. The Labute approximate surface area is 226 Å². The summed E-state index contributed by atoms with van der Waals surface area (Å²) in [6.45, 7) is 2.01. The van der Waals surface area contributed by atoms with Crippen molar-refractivity contribution >= 4 is 48.3 Å². The minimum absolute atomic E-state index is 0.00383. The molecule has 4 rings (SSSR count). The fraction of sp³-hybridized carbons (Fsp3) is 0.333. The molecule has 13 nitrogen and oxygen atoms in total. The number of Topliss-reactive ketones (excluding diaryl/α,β-unsaturated/α-hetero) is 1. The highest BCUT2D eigenvalue weighted by Crippen LogP contribution is 2.37. The summed E-state index contributed by atoms with van der Waals surface area (Å²) in [6.07, 6.45) is -0.260. The van der Waals surface area contributed by atoms with Gasteiger partial charge in [0.15, 0.2) is 5.78 Å². The second-order valence-electron chi connectivity index (χ2n) is 9.06. The molecule has 0 saturated carbocycles. The van der Waals surface area contributed by atoms with E-state index in [1.54, 1.807) is 13.0 Å². The van der Waals surface area contributed by atoms with Gasteiger partial charge in [-0.25, -0.2) is 9.59 Å². The number of benzene rings is 1. The molecule has 3 heterocycles. The monoisotopic (exact) mass is 558 g/mol. The van der Waals surface area contributed by atoms with Gasteiger partial charge in [-0.15, -0.1) is 0 Å². The molecule has 2 aliphatic rings. The molecular formula is C24H24BClN4O9. The van der Waals surface area contributed by atoms with Crippen molar-refractivity contribution < 1.29 is 38.8 Å². The summed E-state index contributed by atoms with van der Waals surface area (Å²) < 4.78 is 5.45. The minimum Gasteiger partial charge on any atom is -0.535 e. The van der Waals surface area contributed by atoms with Gasteiger partial charge in [0.2, 0.25) is 5.56 Å². The molecule has 0 radical (unpaired) electrons. The van der Waals surface area contributed by atoms with Crippen molar-refractivity contribution in [3.05, 3.63) is 62.5 Å². The summed E-state index contributed by atoms with van der Waals surface area (Å²) in [4.78, 5) is 78.9. The molecule has 4 N–H and O–H groups in total. The van der Waals surface area contributed by atoms with Crippen LogP contribution in [-0.2, 0) is 20.8 Å². The zero-order valence-electron chi connectivity index (χ0n) is 20.7. The standard InChI is InChI=1S/C24H24BClN4O9/c1-2-29-8-9-30(22(34)21(29)33)24(37)28-18(14-6-7-17(32)27-20(14)26)16(31)11-13-10-12-4-3-5-15(23(35)36)19(12)39-25(13)38/h3-7,13,18,38H,2,8-11H2,1H3,(H,27,32)(H,28,37)(H,35,36)/t13-,18?/m1/s1. The number of halogens is 1. The van der Waals surface area contributed by atoms with Crippen LogP contribution in [0, 0.1) is 0 Å². The van der Waals surface area contributed by atoms with Crippen LogP contribution in [-0.4, -0.2) is 81.3 Å². The van der Waals surface area contributed by atoms with Crippen LogP contribution in [0.15, 0.2) is 35.1 Å². The lowest BCUT2D eigenvalue weighted by molar-refractivity contribution is -0.153. The molecule has 1 fully saturated rings. The van der Waals surface area contributed by atoms with Crippen LogP contribution in [0.3, 0.4) is 0 Å². The van der Waals surface area contributed by atoms with Gasteiger partial charge in [0.1, 0.15) is 16.9 Å². The summed E-state index contributed by atoms with van der Waals surface area (Å²) in [5.74, 6) is -4.62. The Morgan fingerprint density at radius 1 is 1.18 bits per heavy atom. The maximum Gasteiger partial charge on any atom is 0.526 e. The number of imide groups is 1. The molecule has 2 aromatic rings. The molecule has 1 aromatic heterocycles. The highest BCUT2D eigenvalue weighted by atomic mass is 35.5. The van der Waals surface area contributed by atoms with Crippen molar-refractivity contribution in [3.8, 4) is 5.75 Å². The van der Waals surface area contributed by atoms with Gasteiger partial charge in [-0.2, -0.15) is 0 Å². The second-order valence-corrected chi connectivity index (χ2v) is 9.44. The van der Waals surface area contributed by atoms with E-state index in [1.807, 2.05) is 0 Å². The largest absolute Gasteiger partial charge is 0.535 e. The van der Waals surface area contributed by atoms with Crippen molar-refractivity contribution in [1.29, 1.82) is 0 Å². The number of amides is 4. The number of carbonyl (C=O) groups excluding carboxylic acids is 4. The van der Waals surface area contributed by atoms with Gasteiger partial charge in [0.25, 0.3) is 0 Å². The first kappa shape index (κ1) is 27.9. The van der Waals surface area contributed by atoms with E-state index < -0.39 is 54.1 Å². The topological polar surface area (TPSA) is 186 Å². The van der Waals surface area contributed by atoms with Gasteiger partial charge in [0.05, 0.1) is 5.56 Å². The lowest BCUT2D eigenvalue weighted by Gasteiger charge is -2.33. The molecule has 0 spiro atoms.